The average Bonchev–Trinajstić information content (AvgIpc) is 3.12. The highest BCUT2D eigenvalue weighted by Crippen LogP contribution is 2.41. The largest absolute Gasteiger partial charge is 0.460 e. The Balaban J connectivity index is 1.66. The van der Waals surface area contributed by atoms with Gasteiger partial charge in [-0.25, -0.2) is 0 Å². The van der Waals surface area contributed by atoms with Gasteiger partial charge in [-0.15, -0.1) is 0 Å². The summed E-state index contributed by atoms with van der Waals surface area (Å²) < 4.78 is 6.39. The van der Waals surface area contributed by atoms with Crippen molar-refractivity contribution in [3.8, 4) is 0 Å². The predicted octanol–water partition coefficient (Wildman–Crippen LogP) is 7.53. The summed E-state index contributed by atoms with van der Waals surface area (Å²) in [6, 6.07) is 21.2. The summed E-state index contributed by atoms with van der Waals surface area (Å²) in [4.78, 5) is 0. The van der Waals surface area contributed by atoms with Crippen molar-refractivity contribution < 1.29 is 4.42 Å². The van der Waals surface area contributed by atoms with E-state index in [4.69, 9.17) is 4.42 Å². The van der Waals surface area contributed by atoms with Crippen molar-refractivity contribution >= 4 is 33.4 Å². The van der Waals surface area contributed by atoms with Gasteiger partial charge in [0.2, 0.25) is 0 Å². The van der Waals surface area contributed by atoms with E-state index >= 15 is 0 Å². The van der Waals surface area contributed by atoms with Crippen LogP contribution in [-0.4, -0.2) is 0 Å². The van der Waals surface area contributed by atoms with Gasteiger partial charge in [0.1, 0.15) is 11.3 Å². The van der Waals surface area contributed by atoms with Gasteiger partial charge in [-0.05, 0) is 40.0 Å². The Morgan fingerprint density at radius 1 is 1.00 bits per heavy atom. The second kappa shape index (κ2) is 6.38. The molecule has 1 atom stereocenters. The summed E-state index contributed by atoms with van der Waals surface area (Å²) >= 11 is 0. The van der Waals surface area contributed by atoms with Crippen molar-refractivity contribution in [3.05, 3.63) is 108 Å². The summed E-state index contributed by atoms with van der Waals surface area (Å²) in [7, 11) is 0. The van der Waals surface area contributed by atoms with Crippen molar-refractivity contribution in [1.29, 1.82) is 0 Å². The standard InChI is InChI=1S/C27H22O/c1-4-22-26-24-12-8-5-9-19(24)13-14-25(26)28-27(22)18(3)21-15-17(2)23-11-7-6-10-20(23)16-21/h4-15,18H,1-2,16H2,3H3/t18-/m0/s1. The minimum Gasteiger partial charge on any atom is -0.460 e. The molecule has 0 fully saturated rings. The number of hydrogen-bond acceptors (Lipinski definition) is 1. The molecule has 0 N–H and O–H groups in total. The van der Waals surface area contributed by atoms with Crippen LogP contribution >= 0.6 is 0 Å². The number of rotatable bonds is 3. The molecule has 28 heavy (non-hydrogen) atoms. The van der Waals surface area contributed by atoms with E-state index in [2.05, 4.69) is 86.8 Å². The van der Waals surface area contributed by atoms with Crippen LogP contribution in [0.5, 0.6) is 0 Å². The van der Waals surface area contributed by atoms with Crippen LogP contribution in [0.25, 0.3) is 33.4 Å². The summed E-state index contributed by atoms with van der Waals surface area (Å²) in [5.41, 5.74) is 7.01. The van der Waals surface area contributed by atoms with E-state index in [0.29, 0.717) is 0 Å². The highest BCUT2D eigenvalue weighted by atomic mass is 16.3. The van der Waals surface area contributed by atoms with E-state index in [1.165, 1.54) is 27.5 Å². The Morgan fingerprint density at radius 2 is 1.79 bits per heavy atom. The van der Waals surface area contributed by atoms with Crippen LogP contribution < -0.4 is 0 Å². The Labute approximate surface area is 165 Å². The lowest BCUT2D eigenvalue weighted by molar-refractivity contribution is 0.525. The van der Waals surface area contributed by atoms with Crippen molar-refractivity contribution in [2.45, 2.75) is 19.3 Å². The van der Waals surface area contributed by atoms with Gasteiger partial charge < -0.3 is 4.42 Å². The molecule has 0 aliphatic heterocycles. The minimum absolute atomic E-state index is 0.157. The average molecular weight is 362 g/mol. The van der Waals surface area contributed by atoms with E-state index < -0.39 is 0 Å². The van der Waals surface area contributed by atoms with Crippen LogP contribution in [0.4, 0.5) is 0 Å². The van der Waals surface area contributed by atoms with E-state index in [1.807, 2.05) is 6.08 Å². The molecule has 1 aliphatic rings. The molecule has 1 aliphatic carbocycles. The topological polar surface area (TPSA) is 13.1 Å². The zero-order valence-corrected chi connectivity index (χ0v) is 16.0. The third kappa shape index (κ3) is 2.47. The Hall–Kier alpha value is -3.32. The van der Waals surface area contributed by atoms with Crippen molar-refractivity contribution in [3.63, 3.8) is 0 Å². The zero-order chi connectivity index (χ0) is 19.3. The lowest BCUT2D eigenvalue weighted by Gasteiger charge is -2.22. The van der Waals surface area contributed by atoms with Gasteiger partial charge in [0, 0.05) is 16.9 Å². The van der Waals surface area contributed by atoms with E-state index in [1.54, 1.807) is 0 Å². The van der Waals surface area contributed by atoms with Gasteiger partial charge >= 0.3 is 0 Å². The molecule has 0 amide bonds. The summed E-state index contributed by atoms with van der Waals surface area (Å²) in [5.74, 6) is 1.14. The molecular weight excluding hydrogens is 340 g/mol. The molecular formula is C27H22O. The summed E-state index contributed by atoms with van der Waals surface area (Å²) in [5, 5.41) is 3.59. The fraction of sp³-hybridized carbons (Fsp3) is 0.111. The third-order valence-corrected chi connectivity index (χ3v) is 5.92. The Kier molecular flexibility index (Phi) is 3.84. The lowest BCUT2D eigenvalue weighted by Crippen LogP contribution is -2.08. The molecule has 1 nitrogen and oxygen atoms in total. The van der Waals surface area contributed by atoms with Gasteiger partial charge in [-0.1, -0.05) is 92.4 Å². The Morgan fingerprint density at radius 3 is 2.64 bits per heavy atom. The zero-order valence-electron chi connectivity index (χ0n) is 16.0. The van der Waals surface area contributed by atoms with Crippen molar-refractivity contribution in [1.82, 2.24) is 0 Å². The molecule has 0 radical (unpaired) electrons. The van der Waals surface area contributed by atoms with Crippen molar-refractivity contribution in [2.24, 2.45) is 0 Å². The number of allylic oxidation sites excluding steroid dienone is 3. The third-order valence-electron chi connectivity index (χ3n) is 5.92. The van der Waals surface area contributed by atoms with Gasteiger partial charge in [-0.2, -0.15) is 0 Å². The number of hydrogen-bond donors (Lipinski definition) is 0. The molecule has 0 spiro atoms. The fourth-order valence-electron chi connectivity index (χ4n) is 4.44. The molecule has 5 rings (SSSR count). The van der Waals surface area contributed by atoms with E-state index in [9.17, 15) is 0 Å². The smallest absolute Gasteiger partial charge is 0.135 e. The van der Waals surface area contributed by atoms with Gasteiger partial charge in [0.05, 0.1) is 0 Å². The van der Waals surface area contributed by atoms with E-state index in [-0.39, 0.29) is 5.92 Å². The van der Waals surface area contributed by atoms with Crippen molar-refractivity contribution in [2.75, 3.05) is 0 Å². The fourth-order valence-corrected chi connectivity index (χ4v) is 4.44. The quantitative estimate of drug-likeness (QED) is 0.367. The second-order valence-electron chi connectivity index (χ2n) is 7.54. The Bertz CT molecular complexity index is 1280. The first-order chi connectivity index (χ1) is 13.7. The molecule has 3 aromatic carbocycles. The maximum absolute atomic E-state index is 6.39. The van der Waals surface area contributed by atoms with Crippen LogP contribution in [0, 0.1) is 0 Å². The normalized spacial score (nSPS) is 14.8. The van der Waals surface area contributed by atoms with Gasteiger partial charge in [0.25, 0.3) is 0 Å². The first-order valence-corrected chi connectivity index (χ1v) is 9.71. The van der Waals surface area contributed by atoms with E-state index in [0.717, 1.165) is 34.3 Å². The van der Waals surface area contributed by atoms with Crippen LogP contribution in [-0.2, 0) is 6.42 Å². The minimum atomic E-state index is 0.157. The first-order valence-electron chi connectivity index (χ1n) is 9.71. The lowest BCUT2D eigenvalue weighted by atomic mass is 9.82. The number of fused-ring (bicyclic) bond motifs is 4. The molecule has 136 valence electrons. The van der Waals surface area contributed by atoms with Gasteiger partial charge in [0.15, 0.2) is 0 Å². The summed E-state index contributed by atoms with van der Waals surface area (Å²) in [6.07, 6.45) is 5.09. The molecule has 1 heterocycles. The molecule has 4 aromatic rings. The maximum Gasteiger partial charge on any atom is 0.135 e. The van der Waals surface area contributed by atoms with Crippen LogP contribution in [0.2, 0.25) is 0 Å². The van der Waals surface area contributed by atoms with Gasteiger partial charge in [-0.3, -0.25) is 0 Å². The highest BCUT2D eigenvalue weighted by Gasteiger charge is 2.25. The first kappa shape index (κ1) is 16.8. The monoisotopic (exact) mass is 362 g/mol. The van der Waals surface area contributed by atoms with Crippen LogP contribution in [0.15, 0.2) is 89.9 Å². The molecule has 1 heteroatoms. The SMILES string of the molecule is C=Cc1c([C@@H](C)C2=CC(=C)c3ccccc3C2)oc2ccc3ccccc3c12. The molecule has 1 aromatic heterocycles. The number of benzene rings is 3. The molecule has 0 saturated heterocycles. The molecule has 0 bridgehead atoms. The second-order valence-corrected chi connectivity index (χ2v) is 7.54. The maximum atomic E-state index is 6.39. The summed E-state index contributed by atoms with van der Waals surface area (Å²) in [6.45, 7) is 10.6. The van der Waals surface area contributed by atoms with Crippen LogP contribution in [0.1, 0.15) is 35.3 Å². The predicted molar refractivity (Wildman–Crippen MR) is 119 cm³/mol. The number of furan rings is 1. The molecule has 0 unspecified atom stereocenters. The van der Waals surface area contributed by atoms with Crippen LogP contribution in [0.3, 0.4) is 0 Å². The highest BCUT2D eigenvalue weighted by molar-refractivity contribution is 6.10. The molecule has 0 saturated carbocycles.